The van der Waals surface area contributed by atoms with Crippen LogP contribution in [-0.2, 0) is 25.7 Å². The first kappa shape index (κ1) is 44.5. The highest BCUT2D eigenvalue weighted by atomic mass is 35.5. The molecular weight excluding hydrogens is 678 g/mol. The van der Waals surface area contributed by atoms with Gasteiger partial charge in [-0.3, -0.25) is 25.4 Å². The molecular formula is C33H50Cl4N10. The van der Waals surface area contributed by atoms with Crippen LogP contribution >= 0.6 is 49.6 Å². The Bertz CT molecular complexity index is 1210. The zero-order valence-electron chi connectivity index (χ0n) is 26.6. The van der Waals surface area contributed by atoms with Gasteiger partial charge in [-0.25, -0.2) is 5.43 Å². The lowest BCUT2D eigenvalue weighted by Gasteiger charge is -2.49. The van der Waals surface area contributed by atoms with Crippen LogP contribution in [0.2, 0.25) is 0 Å². The number of nitrogens with two attached hydrogens (primary N) is 2. The van der Waals surface area contributed by atoms with E-state index in [4.69, 9.17) is 21.4 Å². The first-order valence-corrected chi connectivity index (χ1v) is 15.1. The molecule has 0 aliphatic rings. The van der Waals surface area contributed by atoms with Gasteiger partial charge < -0.3 is 22.1 Å². The molecule has 47 heavy (non-hydrogen) atoms. The summed E-state index contributed by atoms with van der Waals surface area (Å²) in [5.74, 6) is 0. The Hall–Kier alpha value is -2.48. The van der Waals surface area contributed by atoms with Crippen LogP contribution in [0.4, 0.5) is 0 Å². The molecule has 10 nitrogen and oxygen atoms in total. The third-order valence-electron chi connectivity index (χ3n) is 7.60. The summed E-state index contributed by atoms with van der Waals surface area (Å²) < 4.78 is 0. The largest absolute Gasteiger partial charge is 0.329 e. The predicted octanol–water partition coefficient (Wildman–Crippen LogP) is 3.28. The molecule has 0 amide bonds. The summed E-state index contributed by atoms with van der Waals surface area (Å²) in [6, 6.07) is 24.0. The van der Waals surface area contributed by atoms with Gasteiger partial charge in [0, 0.05) is 112 Å². The Labute approximate surface area is 304 Å². The molecule has 0 radical (unpaired) electrons. The molecule has 0 atom stereocenters. The van der Waals surface area contributed by atoms with Crippen LogP contribution in [0.15, 0.2) is 97.6 Å². The highest BCUT2D eigenvalue weighted by molar-refractivity contribution is 5.86. The molecule has 0 saturated heterocycles. The predicted molar refractivity (Wildman–Crippen MR) is 201 cm³/mol. The zero-order chi connectivity index (χ0) is 30.1. The maximum absolute atomic E-state index is 7.69. The Morgan fingerprint density at radius 2 is 0.915 bits per heavy atom. The summed E-state index contributed by atoms with van der Waals surface area (Å²) in [5.41, 5.74) is 22.7. The lowest BCUT2D eigenvalue weighted by atomic mass is 9.67. The van der Waals surface area contributed by atoms with Crippen molar-refractivity contribution in [3.8, 4) is 0 Å². The van der Waals surface area contributed by atoms with E-state index in [0.717, 1.165) is 61.9 Å². The van der Waals surface area contributed by atoms with E-state index in [1.165, 1.54) is 0 Å². The minimum atomic E-state index is -0.843. The number of hydrazine groups is 1. The Morgan fingerprint density at radius 1 is 0.511 bits per heavy atom. The van der Waals surface area contributed by atoms with E-state index in [2.05, 4.69) is 43.6 Å². The molecule has 0 fully saturated rings. The third-order valence-corrected chi connectivity index (χ3v) is 7.60. The van der Waals surface area contributed by atoms with Gasteiger partial charge in [-0.1, -0.05) is 24.3 Å². The molecule has 0 aliphatic heterocycles. The molecule has 0 unspecified atom stereocenters. The first-order chi connectivity index (χ1) is 21.1. The zero-order valence-corrected chi connectivity index (χ0v) is 29.9. The van der Waals surface area contributed by atoms with Crippen molar-refractivity contribution in [1.82, 2.24) is 41.4 Å². The normalized spacial score (nSPS) is 10.9. The van der Waals surface area contributed by atoms with Gasteiger partial charge in [-0.15, -0.1) is 49.6 Å². The lowest BCUT2D eigenvalue weighted by Crippen LogP contribution is -2.74. The van der Waals surface area contributed by atoms with Crippen molar-refractivity contribution in [2.75, 3.05) is 39.3 Å². The average Bonchev–Trinajstić information content (AvgIpc) is 3.04. The minimum Gasteiger partial charge on any atom is -0.329 e. The van der Waals surface area contributed by atoms with E-state index >= 15 is 0 Å². The number of hydrogen-bond donors (Lipinski definition) is 6. The number of aromatic nitrogens is 4. The van der Waals surface area contributed by atoms with Gasteiger partial charge in [0.2, 0.25) is 0 Å². The number of nitrogens with zero attached hydrogens (tertiary/aromatic N) is 4. The monoisotopic (exact) mass is 726 g/mol. The van der Waals surface area contributed by atoms with Gasteiger partial charge >= 0.3 is 0 Å². The van der Waals surface area contributed by atoms with Gasteiger partial charge in [0.05, 0.1) is 5.54 Å². The molecule has 260 valence electrons. The van der Waals surface area contributed by atoms with E-state index in [1.807, 2.05) is 85.5 Å². The van der Waals surface area contributed by atoms with Crippen LogP contribution in [0, 0.1) is 0 Å². The Kier molecular flexibility index (Phi) is 23.3. The topological polar surface area (TPSA) is 152 Å². The van der Waals surface area contributed by atoms with Crippen LogP contribution in [0.3, 0.4) is 0 Å². The molecule has 0 bridgehead atoms. The van der Waals surface area contributed by atoms with Gasteiger partial charge in [-0.05, 0) is 61.5 Å². The van der Waals surface area contributed by atoms with E-state index in [0.29, 0.717) is 32.2 Å². The van der Waals surface area contributed by atoms with Crippen molar-refractivity contribution in [3.05, 3.63) is 120 Å². The van der Waals surface area contributed by atoms with Crippen molar-refractivity contribution in [1.29, 1.82) is 0 Å². The van der Waals surface area contributed by atoms with Crippen LogP contribution in [-0.4, -0.2) is 70.3 Å². The number of hydrogen-bond acceptors (Lipinski definition) is 10. The smallest absolute Gasteiger partial charge is 0.0620 e. The maximum Gasteiger partial charge on any atom is 0.0620 e. The standard InChI is InChI=1S/C33H46N10.4ClH/c34-14-21-37-23-22-36-15-9-20-42-43-33(26-30-12-3-7-18-40-30,27-31-13-4-8-19-41-31)32(35,24-28-10-1-5-16-38-28)25-29-11-2-6-17-39-29;;;;/h1-8,10-13,16-19,36-37,42-43H,9,14-15,20-27,34-35H2;4*1H. The van der Waals surface area contributed by atoms with E-state index in [-0.39, 0.29) is 49.6 Å². The number of rotatable bonds is 20. The van der Waals surface area contributed by atoms with Crippen molar-refractivity contribution >= 4 is 49.6 Å². The van der Waals surface area contributed by atoms with Crippen molar-refractivity contribution in [2.24, 2.45) is 11.5 Å². The second-order valence-electron chi connectivity index (χ2n) is 10.9. The van der Waals surface area contributed by atoms with Gasteiger partial charge in [0.15, 0.2) is 0 Å². The van der Waals surface area contributed by atoms with Crippen LogP contribution in [0.5, 0.6) is 0 Å². The number of pyridine rings is 4. The quantitative estimate of drug-likeness (QED) is 0.0591. The summed E-state index contributed by atoms with van der Waals surface area (Å²) >= 11 is 0. The van der Waals surface area contributed by atoms with E-state index in [1.54, 1.807) is 0 Å². The Morgan fingerprint density at radius 3 is 1.30 bits per heavy atom. The lowest BCUT2D eigenvalue weighted by molar-refractivity contribution is 0.133. The van der Waals surface area contributed by atoms with Crippen molar-refractivity contribution in [3.63, 3.8) is 0 Å². The highest BCUT2D eigenvalue weighted by Gasteiger charge is 2.50. The summed E-state index contributed by atoms with van der Waals surface area (Å²) in [4.78, 5) is 18.8. The molecule has 0 aliphatic carbocycles. The second kappa shape index (κ2) is 24.6. The van der Waals surface area contributed by atoms with E-state index < -0.39 is 11.1 Å². The van der Waals surface area contributed by atoms with E-state index in [9.17, 15) is 0 Å². The highest BCUT2D eigenvalue weighted by Crippen LogP contribution is 2.33. The summed E-state index contributed by atoms with van der Waals surface area (Å²) in [7, 11) is 0. The van der Waals surface area contributed by atoms with Crippen LogP contribution in [0.1, 0.15) is 29.2 Å². The fourth-order valence-electron chi connectivity index (χ4n) is 5.37. The third kappa shape index (κ3) is 14.7. The van der Waals surface area contributed by atoms with Gasteiger partial charge in [0.1, 0.15) is 0 Å². The SMILES string of the molecule is Cl.Cl.Cl.Cl.NCCNCCNCCCNNC(Cc1ccccn1)(Cc1ccccn1)C(N)(Cc1ccccn1)Cc1ccccn1. The van der Waals surface area contributed by atoms with Gasteiger partial charge in [0.25, 0.3) is 0 Å². The molecule has 0 spiro atoms. The molecule has 4 heterocycles. The molecule has 0 saturated carbocycles. The molecule has 8 N–H and O–H groups in total. The maximum atomic E-state index is 7.69. The number of nitrogens with one attached hydrogen (secondary N) is 4. The Balaban J connectivity index is 0.00000529. The summed E-state index contributed by atoms with van der Waals surface area (Å²) in [6.07, 6.45) is 10.4. The summed E-state index contributed by atoms with van der Waals surface area (Å²) in [6.45, 7) is 4.92. The molecule has 4 aromatic heterocycles. The van der Waals surface area contributed by atoms with Gasteiger partial charge in [-0.2, -0.15) is 0 Å². The molecule has 4 aromatic rings. The van der Waals surface area contributed by atoms with Crippen LogP contribution in [0.25, 0.3) is 0 Å². The fourth-order valence-corrected chi connectivity index (χ4v) is 5.37. The van der Waals surface area contributed by atoms with Crippen molar-refractivity contribution < 1.29 is 0 Å². The summed E-state index contributed by atoms with van der Waals surface area (Å²) in [5, 5.41) is 6.79. The number of halogens is 4. The van der Waals surface area contributed by atoms with Crippen LogP contribution < -0.4 is 33.0 Å². The first-order valence-electron chi connectivity index (χ1n) is 15.1. The minimum absolute atomic E-state index is 0. The molecule has 4 rings (SSSR count). The molecule has 14 heteroatoms. The fraction of sp³-hybridized carbons (Fsp3) is 0.394. The second-order valence-corrected chi connectivity index (χ2v) is 10.9. The average molecular weight is 729 g/mol. The molecule has 0 aromatic carbocycles. The van der Waals surface area contributed by atoms with Crippen molar-refractivity contribution in [2.45, 2.75) is 43.2 Å².